The van der Waals surface area contributed by atoms with Crippen LogP contribution in [0.3, 0.4) is 0 Å². The van der Waals surface area contributed by atoms with Crippen molar-refractivity contribution in [1.29, 1.82) is 0 Å². The summed E-state index contributed by atoms with van der Waals surface area (Å²) >= 11 is 0. The third-order valence-electron chi connectivity index (χ3n) is 5.36. The monoisotopic (exact) mass is 538 g/mol. The molecule has 1 fully saturated rings. The molecular formula is C27H39FN2O8. The number of nitrogens with zero attached hydrogens (tertiary/aromatic N) is 2. The summed E-state index contributed by atoms with van der Waals surface area (Å²) in [7, 11) is 0. The lowest BCUT2D eigenvalue weighted by Gasteiger charge is -2.22. The van der Waals surface area contributed by atoms with Crippen LogP contribution in [0.5, 0.6) is 0 Å². The Labute approximate surface area is 223 Å². The van der Waals surface area contributed by atoms with Crippen LogP contribution in [0, 0.1) is 5.92 Å². The van der Waals surface area contributed by atoms with Gasteiger partial charge in [0, 0.05) is 18.5 Å². The smallest absolute Gasteiger partial charge is 0.419 e. The van der Waals surface area contributed by atoms with Crippen LogP contribution in [-0.4, -0.2) is 66.5 Å². The predicted molar refractivity (Wildman–Crippen MR) is 138 cm³/mol. The van der Waals surface area contributed by atoms with Crippen molar-refractivity contribution >= 4 is 24.1 Å². The lowest BCUT2D eigenvalue weighted by atomic mass is 10.0. The number of carbonyl (C=O) groups excluding carboxylic acids is 4. The number of hydrogen-bond acceptors (Lipinski definition) is 8. The highest BCUT2D eigenvalue weighted by atomic mass is 19.1. The molecule has 38 heavy (non-hydrogen) atoms. The van der Waals surface area contributed by atoms with E-state index in [1.165, 1.54) is 6.92 Å². The summed E-state index contributed by atoms with van der Waals surface area (Å²) in [4.78, 5) is 49.3. The number of ether oxygens (including phenoxy) is 4. The second kappa shape index (κ2) is 17.8. The minimum absolute atomic E-state index is 0.00555. The normalized spacial score (nSPS) is 19.0. The maximum Gasteiger partial charge on any atom is 0.419 e. The van der Waals surface area contributed by atoms with Gasteiger partial charge < -0.3 is 18.9 Å². The molecule has 0 bridgehead atoms. The van der Waals surface area contributed by atoms with Gasteiger partial charge in [-0.25, -0.2) is 18.9 Å². The standard InChI is InChI=1S/C18H25FN2O7.C9H14O/c1-5-7-16(23)26-11-27-17(24)21(15(22)6-2)10-14-9-20(18(25)28-14)13(4)8-12(3)19;1-2-4-9-5-3-7-10-8-6-9/h8,14H,4-7,9-11H2,1-3H3;2-4,7,9H,5-6,8H2,1H3/b12-8+;4-2+. The number of allylic oxidation sites excluding steroid dienone is 5. The van der Waals surface area contributed by atoms with Crippen LogP contribution >= 0.6 is 0 Å². The number of amides is 3. The van der Waals surface area contributed by atoms with Gasteiger partial charge in [-0.05, 0) is 51.2 Å². The van der Waals surface area contributed by atoms with Crippen molar-refractivity contribution in [3.8, 4) is 0 Å². The summed E-state index contributed by atoms with van der Waals surface area (Å²) in [6.45, 7) is 10.2. The first kappa shape index (κ1) is 32.4. The van der Waals surface area contributed by atoms with Gasteiger partial charge >= 0.3 is 18.2 Å². The van der Waals surface area contributed by atoms with Gasteiger partial charge in [0.2, 0.25) is 12.7 Å². The Morgan fingerprint density at radius 1 is 1.29 bits per heavy atom. The Kier molecular flexibility index (Phi) is 15.1. The SMILES string of the molecule is C/C=C/C1CC=COCC1.C=C(/C=C(\C)F)N1CC(CN(C(=O)CC)C(=O)OCOC(=O)CCC)OC1=O. The van der Waals surface area contributed by atoms with Crippen molar-refractivity contribution in [2.45, 2.75) is 65.9 Å². The van der Waals surface area contributed by atoms with Crippen LogP contribution in [0.25, 0.3) is 0 Å². The van der Waals surface area contributed by atoms with Gasteiger partial charge in [-0.2, -0.15) is 0 Å². The van der Waals surface area contributed by atoms with Crippen LogP contribution in [0.2, 0.25) is 0 Å². The van der Waals surface area contributed by atoms with E-state index in [9.17, 15) is 23.6 Å². The summed E-state index contributed by atoms with van der Waals surface area (Å²) in [6.07, 6.45) is 9.75. The van der Waals surface area contributed by atoms with Gasteiger partial charge in [-0.15, -0.1) is 0 Å². The number of carbonyl (C=O) groups is 4. The Morgan fingerprint density at radius 2 is 2.03 bits per heavy atom. The largest absolute Gasteiger partial charge is 0.502 e. The molecule has 2 heterocycles. The quantitative estimate of drug-likeness (QED) is 0.158. The lowest BCUT2D eigenvalue weighted by molar-refractivity contribution is -0.152. The van der Waals surface area contributed by atoms with Crippen molar-refractivity contribution in [3.05, 3.63) is 48.7 Å². The van der Waals surface area contributed by atoms with Gasteiger partial charge in [0.15, 0.2) is 0 Å². The van der Waals surface area contributed by atoms with Crippen LogP contribution < -0.4 is 0 Å². The molecule has 10 nitrogen and oxygen atoms in total. The molecule has 1 saturated heterocycles. The van der Waals surface area contributed by atoms with Crippen molar-refractivity contribution in [2.24, 2.45) is 5.92 Å². The zero-order chi connectivity index (χ0) is 28.5. The number of esters is 1. The Morgan fingerprint density at radius 3 is 2.66 bits per heavy atom. The van der Waals surface area contributed by atoms with Crippen LogP contribution in [0.1, 0.15) is 59.8 Å². The molecule has 0 aliphatic carbocycles. The van der Waals surface area contributed by atoms with Crippen molar-refractivity contribution in [3.63, 3.8) is 0 Å². The zero-order valence-electron chi connectivity index (χ0n) is 22.7. The summed E-state index contributed by atoms with van der Waals surface area (Å²) in [6, 6.07) is 0. The molecule has 2 rings (SSSR count). The van der Waals surface area contributed by atoms with E-state index >= 15 is 0 Å². The second-order valence-corrected chi connectivity index (χ2v) is 8.54. The number of hydrogen-bond donors (Lipinski definition) is 0. The Bertz CT molecular complexity index is 911. The van der Waals surface area contributed by atoms with Crippen LogP contribution in [0.15, 0.2) is 48.7 Å². The fraction of sp³-hybridized carbons (Fsp3) is 0.556. The molecule has 0 aromatic heterocycles. The molecule has 3 amide bonds. The number of imide groups is 1. The first-order valence-electron chi connectivity index (χ1n) is 12.7. The minimum Gasteiger partial charge on any atom is -0.502 e. The first-order valence-corrected chi connectivity index (χ1v) is 12.7. The van der Waals surface area contributed by atoms with Gasteiger partial charge in [0.25, 0.3) is 0 Å². The number of cyclic esters (lactones) is 1. The summed E-state index contributed by atoms with van der Waals surface area (Å²) in [5, 5.41) is 0. The summed E-state index contributed by atoms with van der Waals surface area (Å²) in [5.74, 6) is -0.926. The highest BCUT2D eigenvalue weighted by Crippen LogP contribution is 2.20. The van der Waals surface area contributed by atoms with Gasteiger partial charge in [0.1, 0.15) is 6.10 Å². The average molecular weight is 539 g/mol. The minimum atomic E-state index is -1.02. The van der Waals surface area contributed by atoms with Gasteiger partial charge in [-0.3, -0.25) is 14.5 Å². The summed E-state index contributed by atoms with van der Waals surface area (Å²) in [5.41, 5.74) is 0.0891. The number of halogens is 1. The van der Waals surface area contributed by atoms with Crippen LogP contribution in [0.4, 0.5) is 14.0 Å². The lowest BCUT2D eigenvalue weighted by Crippen LogP contribution is -2.43. The Hall–Kier alpha value is -3.63. The van der Waals surface area contributed by atoms with Gasteiger partial charge in [-0.1, -0.05) is 32.6 Å². The highest BCUT2D eigenvalue weighted by molar-refractivity contribution is 5.92. The molecule has 2 aliphatic rings. The van der Waals surface area contributed by atoms with E-state index < -0.39 is 42.8 Å². The molecule has 11 heteroatoms. The molecule has 2 aliphatic heterocycles. The zero-order valence-corrected chi connectivity index (χ0v) is 22.7. The molecule has 0 saturated carbocycles. The average Bonchev–Trinajstić information content (AvgIpc) is 3.05. The second-order valence-electron chi connectivity index (χ2n) is 8.54. The van der Waals surface area contributed by atoms with Gasteiger partial charge in [0.05, 0.1) is 31.8 Å². The van der Waals surface area contributed by atoms with Crippen molar-refractivity contribution < 1.29 is 42.5 Å². The third kappa shape index (κ3) is 12.1. The predicted octanol–water partition coefficient (Wildman–Crippen LogP) is 5.37. The molecular weight excluding hydrogens is 499 g/mol. The molecule has 2 atom stereocenters. The fourth-order valence-electron chi connectivity index (χ4n) is 3.48. The van der Waals surface area contributed by atoms with E-state index in [4.69, 9.17) is 18.9 Å². The Balaban J connectivity index is 0.000000600. The maximum absolute atomic E-state index is 13.0. The molecule has 2 unspecified atom stereocenters. The third-order valence-corrected chi connectivity index (χ3v) is 5.36. The fourth-order valence-corrected chi connectivity index (χ4v) is 3.48. The van der Waals surface area contributed by atoms with E-state index in [0.29, 0.717) is 12.3 Å². The summed E-state index contributed by atoms with van der Waals surface area (Å²) < 4.78 is 32.8. The molecule has 212 valence electrons. The van der Waals surface area contributed by atoms with E-state index in [0.717, 1.165) is 35.3 Å². The van der Waals surface area contributed by atoms with Crippen LogP contribution in [-0.2, 0) is 28.5 Å². The van der Waals surface area contributed by atoms with E-state index in [1.54, 1.807) is 13.8 Å². The maximum atomic E-state index is 13.0. The first-order chi connectivity index (χ1) is 18.1. The molecule has 0 radical (unpaired) electrons. The topological polar surface area (TPSA) is 112 Å². The molecule has 0 N–H and O–H groups in total. The molecule has 0 aromatic carbocycles. The molecule has 0 spiro atoms. The van der Waals surface area contributed by atoms with Crippen molar-refractivity contribution in [2.75, 3.05) is 26.5 Å². The van der Waals surface area contributed by atoms with E-state index in [1.807, 2.05) is 6.26 Å². The van der Waals surface area contributed by atoms with Crippen molar-refractivity contribution in [1.82, 2.24) is 9.80 Å². The van der Waals surface area contributed by atoms with E-state index in [2.05, 4.69) is 31.7 Å². The molecule has 0 aromatic rings. The van der Waals surface area contributed by atoms with E-state index in [-0.39, 0.29) is 31.6 Å². The number of rotatable bonds is 10. The highest BCUT2D eigenvalue weighted by Gasteiger charge is 2.36.